The predicted octanol–water partition coefficient (Wildman–Crippen LogP) is 3.38. The number of phenols is 1. The van der Waals surface area contributed by atoms with E-state index in [1.807, 2.05) is 0 Å². The minimum Gasteiger partial charge on any atom is -0.507 e. The van der Waals surface area contributed by atoms with Gasteiger partial charge in [0.05, 0.1) is 18.1 Å². The van der Waals surface area contributed by atoms with E-state index in [2.05, 4.69) is 0 Å². The van der Waals surface area contributed by atoms with Crippen molar-refractivity contribution in [1.82, 2.24) is 0 Å². The first kappa shape index (κ1) is 14.8. The Bertz CT molecular complexity index is 969. The topological polar surface area (TPSA) is 76.7 Å². The van der Waals surface area contributed by atoms with Crippen molar-refractivity contribution in [2.45, 2.75) is 6.92 Å². The second-order valence-corrected chi connectivity index (χ2v) is 5.07. The van der Waals surface area contributed by atoms with Crippen LogP contribution in [-0.2, 0) is 0 Å². The van der Waals surface area contributed by atoms with Crippen LogP contribution in [0, 0.1) is 0 Å². The fourth-order valence-electron chi connectivity index (χ4n) is 2.53. The molecule has 0 atom stereocenters. The molecule has 0 radical (unpaired) electrons. The Labute approximate surface area is 131 Å². The normalized spacial score (nSPS) is 10.7. The van der Waals surface area contributed by atoms with Crippen molar-refractivity contribution in [3.8, 4) is 22.8 Å². The number of carbonyl (C=O) groups excluding carboxylic acids is 1. The summed E-state index contributed by atoms with van der Waals surface area (Å²) in [5.74, 6) is 0.214. The van der Waals surface area contributed by atoms with Gasteiger partial charge in [-0.3, -0.25) is 9.59 Å². The molecule has 0 bridgehead atoms. The number of methoxy groups -OCH3 is 1. The lowest BCUT2D eigenvalue weighted by molar-refractivity contribution is 0.101. The van der Waals surface area contributed by atoms with E-state index in [9.17, 15) is 14.7 Å². The molecule has 23 heavy (non-hydrogen) atoms. The average molecular weight is 310 g/mol. The number of ketones is 1. The van der Waals surface area contributed by atoms with Crippen LogP contribution in [0.1, 0.15) is 17.3 Å². The van der Waals surface area contributed by atoms with Gasteiger partial charge in [0.1, 0.15) is 22.8 Å². The average Bonchev–Trinajstić information content (AvgIpc) is 2.53. The third-order valence-electron chi connectivity index (χ3n) is 3.60. The van der Waals surface area contributed by atoms with Crippen LogP contribution in [0.3, 0.4) is 0 Å². The SMILES string of the molecule is COc1ccccc1-c1cc(=O)c2ccc(O)c(C(C)=O)c2o1. The third kappa shape index (κ3) is 2.46. The van der Waals surface area contributed by atoms with Crippen molar-refractivity contribution >= 4 is 16.8 Å². The standard InChI is InChI=1S/C18H14O5/c1-10(19)17-13(20)8-7-11-14(21)9-16(23-18(11)17)12-5-3-4-6-15(12)22-2/h3-9,20H,1-2H3. The van der Waals surface area contributed by atoms with Crippen LogP contribution in [0.5, 0.6) is 11.5 Å². The Morgan fingerprint density at radius 3 is 2.61 bits per heavy atom. The Balaban J connectivity index is 2.39. The maximum Gasteiger partial charge on any atom is 0.193 e. The number of fused-ring (bicyclic) bond motifs is 1. The summed E-state index contributed by atoms with van der Waals surface area (Å²) in [6.07, 6.45) is 0. The molecule has 0 aliphatic rings. The molecule has 0 aliphatic heterocycles. The van der Waals surface area contributed by atoms with Gasteiger partial charge in [-0.05, 0) is 31.2 Å². The maximum absolute atomic E-state index is 12.4. The second-order valence-electron chi connectivity index (χ2n) is 5.07. The molecular formula is C18H14O5. The molecule has 0 aliphatic carbocycles. The molecule has 5 nitrogen and oxygen atoms in total. The van der Waals surface area contributed by atoms with E-state index in [-0.39, 0.29) is 39.3 Å². The molecule has 1 N–H and O–H groups in total. The smallest absolute Gasteiger partial charge is 0.193 e. The van der Waals surface area contributed by atoms with Gasteiger partial charge in [-0.25, -0.2) is 0 Å². The van der Waals surface area contributed by atoms with Gasteiger partial charge < -0.3 is 14.3 Å². The number of hydrogen-bond donors (Lipinski definition) is 1. The molecule has 116 valence electrons. The van der Waals surface area contributed by atoms with Gasteiger partial charge >= 0.3 is 0 Å². The van der Waals surface area contributed by atoms with Crippen LogP contribution < -0.4 is 10.2 Å². The van der Waals surface area contributed by atoms with Crippen molar-refractivity contribution < 1.29 is 19.1 Å². The molecule has 0 saturated carbocycles. The molecule has 5 heteroatoms. The van der Waals surface area contributed by atoms with Crippen molar-refractivity contribution in [2.75, 3.05) is 7.11 Å². The molecule has 0 saturated heterocycles. The number of aromatic hydroxyl groups is 1. The predicted molar refractivity (Wildman–Crippen MR) is 86.1 cm³/mol. The summed E-state index contributed by atoms with van der Waals surface area (Å²) in [5.41, 5.74) is 0.365. The Kier molecular flexibility index (Phi) is 3.62. The van der Waals surface area contributed by atoms with E-state index < -0.39 is 0 Å². The first-order valence-electron chi connectivity index (χ1n) is 6.97. The minimum absolute atomic E-state index is 0.00338. The van der Waals surface area contributed by atoms with Crippen LogP contribution in [0.25, 0.3) is 22.3 Å². The minimum atomic E-state index is -0.381. The quantitative estimate of drug-likeness (QED) is 0.750. The fraction of sp³-hybridized carbons (Fsp3) is 0.111. The first-order valence-corrected chi connectivity index (χ1v) is 6.97. The monoisotopic (exact) mass is 310 g/mol. The van der Waals surface area contributed by atoms with Crippen molar-refractivity contribution in [3.63, 3.8) is 0 Å². The summed E-state index contributed by atoms with van der Waals surface area (Å²) >= 11 is 0. The number of hydrogen-bond acceptors (Lipinski definition) is 5. The highest BCUT2D eigenvalue weighted by Gasteiger charge is 2.18. The molecule has 3 rings (SSSR count). The third-order valence-corrected chi connectivity index (χ3v) is 3.60. The Morgan fingerprint density at radius 1 is 1.17 bits per heavy atom. The lowest BCUT2D eigenvalue weighted by atomic mass is 10.0. The summed E-state index contributed by atoms with van der Waals surface area (Å²) < 4.78 is 11.1. The van der Waals surface area contributed by atoms with E-state index in [4.69, 9.17) is 9.15 Å². The number of phenolic OH excluding ortho intramolecular Hbond substituents is 1. The van der Waals surface area contributed by atoms with E-state index in [0.29, 0.717) is 11.3 Å². The zero-order valence-electron chi connectivity index (χ0n) is 12.6. The molecule has 1 aromatic heterocycles. The largest absolute Gasteiger partial charge is 0.507 e. The van der Waals surface area contributed by atoms with Crippen molar-refractivity contribution in [2.24, 2.45) is 0 Å². The highest BCUT2D eigenvalue weighted by atomic mass is 16.5. The highest BCUT2D eigenvalue weighted by molar-refractivity contribution is 6.07. The van der Waals surface area contributed by atoms with E-state index in [1.165, 1.54) is 32.2 Å². The molecule has 0 amide bonds. The molecule has 0 unspecified atom stereocenters. The number of benzene rings is 2. The van der Waals surface area contributed by atoms with E-state index >= 15 is 0 Å². The lowest BCUT2D eigenvalue weighted by Gasteiger charge is -2.10. The molecule has 0 fully saturated rings. The molecule has 2 aromatic carbocycles. The lowest BCUT2D eigenvalue weighted by Crippen LogP contribution is -2.04. The van der Waals surface area contributed by atoms with Crippen LogP contribution >= 0.6 is 0 Å². The van der Waals surface area contributed by atoms with Crippen LogP contribution in [0.15, 0.2) is 51.7 Å². The molecule has 1 heterocycles. The van der Waals surface area contributed by atoms with Gasteiger partial charge in [-0.1, -0.05) is 12.1 Å². The van der Waals surface area contributed by atoms with E-state index in [1.54, 1.807) is 24.3 Å². The van der Waals surface area contributed by atoms with Gasteiger partial charge in [0.15, 0.2) is 16.8 Å². The summed E-state index contributed by atoms with van der Waals surface area (Å²) in [4.78, 5) is 24.2. The molecule has 3 aromatic rings. The van der Waals surface area contributed by atoms with Gasteiger partial charge in [-0.15, -0.1) is 0 Å². The van der Waals surface area contributed by atoms with Gasteiger partial charge in [0.2, 0.25) is 0 Å². The van der Waals surface area contributed by atoms with Crippen LogP contribution in [0.4, 0.5) is 0 Å². The van der Waals surface area contributed by atoms with Gasteiger partial charge in [0.25, 0.3) is 0 Å². The van der Waals surface area contributed by atoms with Crippen LogP contribution in [0.2, 0.25) is 0 Å². The summed E-state index contributed by atoms with van der Waals surface area (Å²) in [6, 6.07) is 11.2. The highest BCUT2D eigenvalue weighted by Crippen LogP contribution is 2.33. The number of ether oxygens (including phenoxy) is 1. The number of Topliss-reactive ketones (excluding diaryl/α,β-unsaturated/α-hetero) is 1. The molecular weight excluding hydrogens is 296 g/mol. The number of carbonyl (C=O) groups is 1. The van der Waals surface area contributed by atoms with Crippen molar-refractivity contribution in [3.05, 3.63) is 58.3 Å². The zero-order chi connectivity index (χ0) is 16.6. The van der Waals surface area contributed by atoms with Gasteiger partial charge in [-0.2, -0.15) is 0 Å². The van der Waals surface area contributed by atoms with Crippen LogP contribution in [-0.4, -0.2) is 18.0 Å². The van der Waals surface area contributed by atoms with E-state index in [0.717, 1.165) is 0 Å². The zero-order valence-corrected chi connectivity index (χ0v) is 12.6. The Hall–Kier alpha value is -3.08. The first-order chi connectivity index (χ1) is 11.0. The maximum atomic E-state index is 12.4. The summed E-state index contributed by atoms with van der Waals surface area (Å²) in [7, 11) is 1.52. The number of rotatable bonds is 3. The summed E-state index contributed by atoms with van der Waals surface area (Å²) in [6.45, 7) is 1.31. The number of para-hydroxylation sites is 1. The summed E-state index contributed by atoms with van der Waals surface area (Å²) in [5, 5.41) is 10.2. The fourth-order valence-corrected chi connectivity index (χ4v) is 2.53. The van der Waals surface area contributed by atoms with Crippen molar-refractivity contribution in [1.29, 1.82) is 0 Å². The molecule has 0 spiro atoms. The second kappa shape index (κ2) is 5.61. The van der Waals surface area contributed by atoms with Gasteiger partial charge in [0, 0.05) is 6.07 Å². The Morgan fingerprint density at radius 2 is 1.91 bits per heavy atom.